The molecule has 0 radical (unpaired) electrons. The molecular weight excluding hydrogens is 482 g/mol. The van der Waals surface area contributed by atoms with Crippen molar-refractivity contribution in [1.82, 2.24) is 14.1 Å². The summed E-state index contributed by atoms with van der Waals surface area (Å²) in [6.07, 6.45) is 5.83. The molecule has 2 heterocycles. The smallest absolute Gasteiger partial charge is 0.265 e. The van der Waals surface area contributed by atoms with Crippen molar-refractivity contribution in [2.45, 2.75) is 44.9 Å². The second-order valence-corrected chi connectivity index (χ2v) is 9.66. The molecule has 38 heavy (non-hydrogen) atoms. The SMILES string of the molecule is COc1cccc(OC)c1-n1c(C2CCCC2)nc(O)c(Cc2ccc(-n3cc(C)ccc3=O)cc2)c1=O. The van der Waals surface area contributed by atoms with E-state index in [0.717, 1.165) is 42.5 Å². The van der Waals surface area contributed by atoms with E-state index < -0.39 is 0 Å². The van der Waals surface area contributed by atoms with Gasteiger partial charge < -0.3 is 14.6 Å². The molecule has 1 aliphatic carbocycles. The number of hydrogen-bond donors (Lipinski definition) is 1. The summed E-state index contributed by atoms with van der Waals surface area (Å²) in [6.45, 7) is 1.93. The first kappa shape index (κ1) is 25.3. The number of ether oxygens (including phenoxy) is 2. The third-order valence-corrected chi connectivity index (χ3v) is 7.18. The highest BCUT2D eigenvalue weighted by Gasteiger charge is 2.29. The van der Waals surface area contributed by atoms with Gasteiger partial charge in [0.15, 0.2) is 0 Å². The standard InChI is InChI=1S/C30H31N3O5/c1-19-11-16-26(34)32(18-19)22-14-12-20(13-15-22)17-23-29(35)31-28(21-7-4-5-8-21)33(30(23)36)27-24(37-2)9-6-10-25(27)38-3/h6,9-16,18,21,35H,4-5,7-8,17H2,1-3H3. The normalized spacial score (nSPS) is 13.6. The summed E-state index contributed by atoms with van der Waals surface area (Å²) in [5, 5.41) is 11.0. The molecule has 1 saturated carbocycles. The Morgan fingerprint density at radius 3 is 2.24 bits per heavy atom. The average Bonchev–Trinajstić information content (AvgIpc) is 3.47. The molecular formula is C30H31N3O5. The molecule has 0 spiro atoms. The minimum atomic E-state index is -0.360. The molecule has 8 nitrogen and oxygen atoms in total. The van der Waals surface area contributed by atoms with Gasteiger partial charge in [-0.05, 0) is 55.2 Å². The first-order valence-corrected chi connectivity index (χ1v) is 12.8. The number of benzene rings is 2. The van der Waals surface area contributed by atoms with Crippen LogP contribution < -0.4 is 20.6 Å². The maximum absolute atomic E-state index is 14.1. The lowest BCUT2D eigenvalue weighted by Crippen LogP contribution is -2.29. The van der Waals surface area contributed by atoms with E-state index in [9.17, 15) is 14.7 Å². The van der Waals surface area contributed by atoms with Gasteiger partial charge in [0.05, 0.1) is 19.8 Å². The van der Waals surface area contributed by atoms with Gasteiger partial charge in [0, 0.05) is 30.3 Å². The molecule has 1 N–H and O–H groups in total. The van der Waals surface area contributed by atoms with Gasteiger partial charge in [0.25, 0.3) is 11.1 Å². The van der Waals surface area contributed by atoms with Gasteiger partial charge in [-0.1, -0.05) is 37.1 Å². The van der Waals surface area contributed by atoms with Crippen LogP contribution in [0.25, 0.3) is 11.4 Å². The Hall–Kier alpha value is -4.33. The summed E-state index contributed by atoms with van der Waals surface area (Å²) >= 11 is 0. The van der Waals surface area contributed by atoms with E-state index in [0.29, 0.717) is 23.0 Å². The van der Waals surface area contributed by atoms with Crippen molar-refractivity contribution >= 4 is 0 Å². The molecule has 0 atom stereocenters. The average molecular weight is 514 g/mol. The predicted octanol–water partition coefficient (Wildman–Crippen LogP) is 4.66. The van der Waals surface area contributed by atoms with Crippen LogP contribution in [0.15, 0.2) is 70.4 Å². The van der Waals surface area contributed by atoms with E-state index in [2.05, 4.69) is 4.98 Å². The summed E-state index contributed by atoms with van der Waals surface area (Å²) < 4.78 is 14.4. The third kappa shape index (κ3) is 4.69. The van der Waals surface area contributed by atoms with Crippen molar-refractivity contribution in [2.75, 3.05) is 14.2 Å². The first-order chi connectivity index (χ1) is 18.4. The van der Waals surface area contributed by atoms with Gasteiger partial charge >= 0.3 is 0 Å². The van der Waals surface area contributed by atoms with Crippen molar-refractivity contribution < 1.29 is 14.6 Å². The molecule has 196 valence electrons. The highest BCUT2D eigenvalue weighted by Crippen LogP contribution is 2.38. The maximum atomic E-state index is 14.1. The molecule has 8 heteroatoms. The summed E-state index contributed by atoms with van der Waals surface area (Å²) in [5.41, 5.74) is 2.67. The fourth-order valence-electron chi connectivity index (χ4n) is 5.21. The summed E-state index contributed by atoms with van der Waals surface area (Å²) in [5.74, 6) is 1.27. The lowest BCUT2D eigenvalue weighted by molar-refractivity contribution is 0.386. The lowest BCUT2D eigenvalue weighted by Gasteiger charge is -2.22. The number of aryl methyl sites for hydroxylation is 1. The quantitative estimate of drug-likeness (QED) is 0.386. The zero-order valence-electron chi connectivity index (χ0n) is 21.8. The summed E-state index contributed by atoms with van der Waals surface area (Å²) in [6, 6.07) is 16.0. The lowest BCUT2D eigenvalue weighted by atomic mass is 10.0. The molecule has 0 aliphatic heterocycles. The molecule has 2 aromatic carbocycles. The number of nitrogens with zero attached hydrogens (tertiary/aromatic N) is 3. The molecule has 0 saturated heterocycles. The van der Waals surface area contributed by atoms with Gasteiger partial charge in [-0.15, -0.1) is 0 Å². The van der Waals surface area contributed by atoms with Crippen LogP contribution >= 0.6 is 0 Å². The number of aromatic nitrogens is 3. The number of methoxy groups -OCH3 is 2. The number of hydrogen-bond acceptors (Lipinski definition) is 6. The molecule has 4 aromatic rings. The van der Waals surface area contributed by atoms with Crippen LogP contribution in [0.3, 0.4) is 0 Å². The van der Waals surface area contributed by atoms with E-state index >= 15 is 0 Å². The van der Waals surface area contributed by atoms with Crippen LogP contribution in [0, 0.1) is 6.92 Å². The Balaban J connectivity index is 1.61. The topological polar surface area (TPSA) is 95.6 Å². The second-order valence-electron chi connectivity index (χ2n) is 9.66. The molecule has 1 aliphatic rings. The van der Waals surface area contributed by atoms with Gasteiger partial charge in [-0.2, -0.15) is 4.98 Å². The molecule has 0 unspecified atom stereocenters. The van der Waals surface area contributed by atoms with Crippen LogP contribution in [0.4, 0.5) is 0 Å². The Morgan fingerprint density at radius 2 is 1.61 bits per heavy atom. The fraction of sp³-hybridized carbons (Fsp3) is 0.300. The number of rotatable bonds is 7. The molecule has 1 fully saturated rings. The van der Waals surface area contributed by atoms with Crippen LogP contribution in [0.1, 0.15) is 54.1 Å². The minimum absolute atomic E-state index is 0.0455. The fourth-order valence-corrected chi connectivity index (χ4v) is 5.21. The van der Waals surface area contributed by atoms with Crippen LogP contribution in [-0.4, -0.2) is 33.4 Å². The summed E-state index contributed by atoms with van der Waals surface area (Å²) in [4.78, 5) is 31.0. The zero-order chi connectivity index (χ0) is 26.8. The Morgan fingerprint density at radius 1 is 0.947 bits per heavy atom. The van der Waals surface area contributed by atoms with Crippen LogP contribution in [-0.2, 0) is 6.42 Å². The van der Waals surface area contributed by atoms with E-state index in [4.69, 9.17) is 9.47 Å². The van der Waals surface area contributed by atoms with E-state index in [1.807, 2.05) is 31.2 Å². The van der Waals surface area contributed by atoms with Gasteiger partial charge in [0.1, 0.15) is 23.0 Å². The predicted molar refractivity (Wildman–Crippen MR) is 145 cm³/mol. The molecule has 0 amide bonds. The number of para-hydroxylation sites is 1. The largest absolute Gasteiger partial charge is 0.494 e. The van der Waals surface area contributed by atoms with Crippen molar-refractivity contribution in [3.8, 4) is 28.8 Å². The molecule has 2 aromatic heterocycles. The monoisotopic (exact) mass is 513 g/mol. The van der Waals surface area contributed by atoms with Gasteiger partial charge in [0.2, 0.25) is 5.88 Å². The van der Waals surface area contributed by atoms with E-state index in [1.165, 1.54) is 6.07 Å². The Bertz CT molecular complexity index is 1560. The third-order valence-electron chi connectivity index (χ3n) is 7.18. The molecule has 0 bridgehead atoms. The number of pyridine rings is 1. The first-order valence-electron chi connectivity index (χ1n) is 12.8. The second kappa shape index (κ2) is 10.6. The highest BCUT2D eigenvalue weighted by atomic mass is 16.5. The van der Waals surface area contributed by atoms with Crippen molar-refractivity contribution in [2.24, 2.45) is 0 Å². The highest BCUT2D eigenvalue weighted by molar-refractivity contribution is 5.58. The van der Waals surface area contributed by atoms with Crippen molar-refractivity contribution in [3.05, 3.63) is 104 Å². The van der Waals surface area contributed by atoms with Gasteiger partial charge in [-0.3, -0.25) is 18.7 Å². The zero-order valence-corrected chi connectivity index (χ0v) is 21.8. The van der Waals surface area contributed by atoms with Gasteiger partial charge in [-0.25, -0.2) is 0 Å². The van der Waals surface area contributed by atoms with Crippen LogP contribution in [0.2, 0.25) is 0 Å². The van der Waals surface area contributed by atoms with Crippen molar-refractivity contribution in [3.63, 3.8) is 0 Å². The molecule has 5 rings (SSSR count). The van der Waals surface area contributed by atoms with Crippen molar-refractivity contribution in [1.29, 1.82) is 0 Å². The van der Waals surface area contributed by atoms with E-state index in [1.54, 1.807) is 53.8 Å². The number of aromatic hydroxyl groups is 1. The summed E-state index contributed by atoms with van der Waals surface area (Å²) in [7, 11) is 3.10. The van der Waals surface area contributed by atoms with Crippen LogP contribution in [0.5, 0.6) is 17.4 Å². The Kier molecular flexibility index (Phi) is 7.05. The Labute approximate surface area is 220 Å². The maximum Gasteiger partial charge on any atom is 0.265 e. The minimum Gasteiger partial charge on any atom is -0.494 e. The van der Waals surface area contributed by atoms with E-state index in [-0.39, 0.29) is 34.9 Å².